The molecule has 86 valence electrons. The second kappa shape index (κ2) is 4.97. The van der Waals surface area contributed by atoms with Crippen molar-refractivity contribution in [2.24, 2.45) is 11.8 Å². The van der Waals surface area contributed by atoms with Crippen LogP contribution in [0.5, 0.6) is 0 Å². The Bertz CT molecular complexity index is 224. The number of hydrogen-bond donors (Lipinski definition) is 2. The lowest BCUT2D eigenvalue weighted by Gasteiger charge is -2.26. The van der Waals surface area contributed by atoms with Crippen LogP contribution in [0.2, 0.25) is 0 Å². The summed E-state index contributed by atoms with van der Waals surface area (Å²) >= 11 is 0. The Morgan fingerprint density at radius 3 is 2.53 bits per heavy atom. The number of amides is 1. The molecule has 1 saturated carbocycles. The van der Waals surface area contributed by atoms with Crippen molar-refractivity contribution in [1.82, 2.24) is 10.6 Å². The van der Waals surface area contributed by atoms with Gasteiger partial charge in [-0.25, -0.2) is 0 Å². The molecule has 0 radical (unpaired) electrons. The quantitative estimate of drug-likeness (QED) is 0.721. The van der Waals surface area contributed by atoms with Crippen LogP contribution in [-0.2, 0) is 4.79 Å². The fraction of sp³-hybridized carbons (Fsp3) is 0.917. The normalized spacial score (nSPS) is 32.9. The second-order valence-corrected chi connectivity index (χ2v) is 5.05. The van der Waals surface area contributed by atoms with Gasteiger partial charge in [-0.3, -0.25) is 4.79 Å². The summed E-state index contributed by atoms with van der Waals surface area (Å²) in [5.41, 5.74) is 0. The van der Waals surface area contributed by atoms with Crippen molar-refractivity contribution >= 4 is 5.91 Å². The fourth-order valence-corrected chi connectivity index (χ4v) is 2.81. The predicted molar refractivity (Wildman–Crippen MR) is 60.5 cm³/mol. The Hall–Kier alpha value is -0.570. The number of carbonyl (C=O) groups excluding carboxylic acids is 1. The molecule has 3 heteroatoms. The smallest absolute Gasteiger partial charge is 0.223 e. The van der Waals surface area contributed by atoms with E-state index >= 15 is 0 Å². The summed E-state index contributed by atoms with van der Waals surface area (Å²) in [6, 6.07) is 0.423. The summed E-state index contributed by atoms with van der Waals surface area (Å²) in [4.78, 5) is 12.0. The maximum atomic E-state index is 12.0. The molecule has 3 nitrogen and oxygen atoms in total. The van der Waals surface area contributed by atoms with E-state index in [9.17, 15) is 4.79 Å². The van der Waals surface area contributed by atoms with E-state index in [4.69, 9.17) is 0 Å². The van der Waals surface area contributed by atoms with Gasteiger partial charge in [0.05, 0.1) is 0 Å². The van der Waals surface area contributed by atoms with Crippen LogP contribution in [0.4, 0.5) is 0 Å². The standard InChI is InChI=1S/C12H22N2O/c1-9-3-2-4-11(9)12(15)14-10-5-7-13-8-6-10/h9-11,13H,2-8H2,1H3,(H,14,15). The van der Waals surface area contributed by atoms with E-state index in [0.29, 0.717) is 23.8 Å². The molecule has 1 heterocycles. The van der Waals surface area contributed by atoms with Crippen LogP contribution in [0.25, 0.3) is 0 Å². The topological polar surface area (TPSA) is 41.1 Å². The van der Waals surface area contributed by atoms with Crippen LogP contribution in [0.15, 0.2) is 0 Å². The van der Waals surface area contributed by atoms with Gasteiger partial charge in [-0.1, -0.05) is 13.3 Å². The van der Waals surface area contributed by atoms with Crippen LogP contribution < -0.4 is 10.6 Å². The molecule has 2 rings (SSSR count). The fourth-order valence-electron chi connectivity index (χ4n) is 2.81. The third-order valence-corrected chi connectivity index (χ3v) is 3.88. The molecule has 2 atom stereocenters. The third-order valence-electron chi connectivity index (χ3n) is 3.88. The van der Waals surface area contributed by atoms with Crippen LogP contribution in [0.3, 0.4) is 0 Å². The summed E-state index contributed by atoms with van der Waals surface area (Å²) in [6.45, 7) is 4.30. The van der Waals surface area contributed by atoms with E-state index in [1.165, 1.54) is 12.8 Å². The van der Waals surface area contributed by atoms with E-state index in [0.717, 1.165) is 32.4 Å². The van der Waals surface area contributed by atoms with Crippen molar-refractivity contribution in [2.45, 2.75) is 45.1 Å². The largest absolute Gasteiger partial charge is 0.353 e. The van der Waals surface area contributed by atoms with Crippen molar-refractivity contribution in [3.8, 4) is 0 Å². The first-order chi connectivity index (χ1) is 7.27. The van der Waals surface area contributed by atoms with E-state index in [1.54, 1.807) is 0 Å². The zero-order chi connectivity index (χ0) is 10.7. The monoisotopic (exact) mass is 210 g/mol. The van der Waals surface area contributed by atoms with E-state index in [2.05, 4.69) is 17.6 Å². The summed E-state index contributed by atoms with van der Waals surface area (Å²) in [6.07, 6.45) is 5.73. The third kappa shape index (κ3) is 2.71. The molecule has 0 aromatic rings. The average Bonchev–Trinajstić information content (AvgIpc) is 2.66. The van der Waals surface area contributed by atoms with Gasteiger partial charge >= 0.3 is 0 Å². The molecule has 1 aliphatic carbocycles. The Morgan fingerprint density at radius 1 is 1.20 bits per heavy atom. The van der Waals surface area contributed by atoms with Crippen LogP contribution in [0, 0.1) is 11.8 Å². The van der Waals surface area contributed by atoms with E-state index in [1.807, 2.05) is 0 Å². The minimum Gasteiger partial charge on any atom is -0.353 e. The number of nitrogens with one attached hydrogen (secondary N) is 2. The summed E-state index contributed by atoms with van der Waals surface area (Å²) in [5.74, 6) is 1.19. The molecule has 1 aliphatic heterocycles. The zero-order valence-electron chi connectivity index (χ0n) is 9.59. The molecule has 2 unspecified atom stereocenters. The molecule has 1 amide bonds. The van der Waals surface area contributed by atoms with Crippen LogP contribution in [-0.4, -0.2) is 25.0 Å². The predicted octanol–water partition coefficient (Wildman–Crippen LogP) is 1.29. The van der Waals surface area contributed by atoms with Gasteiger partial charge in [-0.05, 0) is 44.7 Å². The highest BCUT2D eigenvalue weighted by Gasteiger charge is 2.30. The minimum absolute atomic E-state index is 0.292. The molecule has 2 fully saturated rings. The second-order valence-electron chi connectivity index (χ2n) is 5.05. The SMILES string of the molecule is CC1CCCC1C(=O)NC1CCNCC1. The van der Waals surface area contributed by atoms with E-state index < -0.39 is 0 Å². The van der Waals surface area contributed by atoms with Gasteiger partial charge in [-0.2, -0.15) is 0 Å². The highest BCUT2D eigenvalue weighted by molar-refractivity contribution is 5.79. The first-order valence-electron chi connectivity index (χ1n) is 6.28. The van der Waals surface area contributed by atoms with Crippen molar-refractivity contribution in [3.05, 3.63) is 0 Å². The average molecular weight is 210 g/mol. The van der Waals surface area contributed by atoms with Crippen LogP contribution >= 0.6 is 0 Å². The molecule has 1 saturated heterocycles. The molecule has 2 aliphatic rings. The Kier molecular flexibility index (Phi) is 3.62. The Labute approximate surface area is 92.0 Å². The summed E-state index contributed by atoms with van der Waals surface area (Å²) in [7, 11) is 0. The van der Waals surface area contributed by atoms with Gasteiger partial charge in [0.1, 0.15) is 0 Å². The maximum absolute atomic E-state index is 12.0. The molecule has 0 spiro atoms. The van der Waals surface area contributed by atoms with E-state index in [-0.39, 0.29) is 0 Å². The Morgan fingerprint density at radius 2 is 1.93 bits per heavy atom. The highest BCUT2D eigenvalue weighted by Crippen LogP contribution is 2.31. The van der Waals surface area contributed by atoms with Crippen molar-refractivity contribution in [1.29, 1.82) is 0 Å². The minimum atomic E-state index is 0.292. The lowest BCUT2D eigenvalue weighted by molar-refractivity contribution is -0.126. The lowest BCUT2D eigenvalue weighted by Crippen LogP contribution is -2.45. The molecule has 2 N–H and O–H groups in total. The van der Waals surface area contributed by atoms with Crippen molar-refractivity contribution in [2.75, 3.05) is 13.1 Å². The first kappa shape index (κ1) is 10.9. The maximum Gasteiger partial charge on any atom is 0.223 e. The van der Waals surface area contributed by atoms with Crippen molar-refractivity contribution in [3.63, 3.8) is 0 Å². The van der Waals surface area contributed by atoms with Gasteiger partial charge in [0.25, 0.3) is 0 Å². The number of hydrogen-bond acceptors (Lipinski definition) is 2. The lowest BCUT2D eigenvalue weighted by atomic mass is 9.96. The zero-order valence-corrected chi connectivity index (χ0v) is 9.59. The van der Waals surface area contributed by atoms with Gasteiger partial charge in [0, 0.05) is 12.0 Å². The summed E-state index contributed by atoms with van der Waals surface area (Å²) in [5, 5.41) is 6.53. The highest BCUT2D eigenvalue weighted by atomic mass is 16.2. The first-order valence-corrected chi connectivity index (χ1v) is 6.28. The molecular formula is C12H22N2O. The summed E-state index contributed by atoms with van der Waals surface area (Å²) < 4.78 is 0. The van der Waals surface area contributed by atoms with Gasteiger partial charge < -0.3 is 10.6 Å². The number of piperidine rings is 1. The van der Waals surface area contributed by atoms with Gasteiger partial charge in [0.15, 0.2) is 0 Å². The van der Waals surface area contributed by atoms with Crippen LogP contribution in [0.1, 0.15) is 39.0 Å². The van der Waals surface area contributed by atoms with Crippen molar-refractivity contribution < 1.29 is 4.79 Å². The molecule has 0 aromatic carbocycles. The van der Waals surface area contributed by atoms with Gasteiger partial charge in [-0.15, -0.1) is 0 Å². The number of carbonyl (C=O) groups is 1. The number of rotatable bonds is 2. The molecule has 0 aromatic heterocycles. The molecule has 15 heavy (non-hydrogen) atoms. The molecular weight excluding hydrogens is 188 g/mol. The van der Waals surface area contributed by atoms with Gasteiger partial charge in [0.2, 0.25) is 5.91 Å². The molecule has 0 bridgehead atoms. The Balaban J connectivity index is 1.80.